The lowest BCUT2D eigenvalue weighted by Crippen LogP contribution is -2.40. The van der Waals surface area contributed by atoms with Gasteiger partial charge in [0.05, 0.1) is 6.10 Å². The Labute approximate surface area is 60.8 Å². The molecule has 0 aromatic heterocycles. The van der Waals surface area contributed by atoms with Crippen LogP contribution in [0.2, 0.25) is 0 Å². The predicted octanol–water partition coefficient (Wildman–Crippen LogP) is 1.51. The first-order valence-corrected chi connectivity index (χ1v) is 4.60. The number of aliphatic hydroxyl groups is 1. The lowest BCUT2D eigenvalue weighted by atomic mass is 10.0. The molecule has 0 bridgehead atoms. The van der Waals surface area contributed by atoms with Crippen LogP contribution in [0, 0.1) is 5.92 Å². The Morgan fingerprint density at radius 2 is 2.44 bits per heavy atom. The van der Waals surface area contributed by atoms with Crippen LogP contribution in [0.4, 0.5) is 0 Å². The van der Waals surface area contributed by atoms with Gasteiger partial charge in [0.25, 0.3) is 0 Å². The van der Waals surface area contributed by atoms with Crippen LogP contribution in [0.25, 0.3) is 0 Å². The summed E-state index contributed by atoms with van der Waals surface area (Å²) in [5, 5.41) is 9.73. The molecule has 0 spiro atoms. The van der Waals surface area contributed by atoms with Gasteiger partial charge in [-0.15, -0.1) is 0 Å². The van der Waals surface area contributed by atoms with E-state index in [9.17, 15) is 5.11 Å². The van der Waals surface area contributed by atoms with Crippen molar-refractivity contribution in [1.82, 2.24) is 0 Å². The van der Waals surface area contributed by atoms with E-state index in [1.807, 2.05) is 11.8 Å². The zero-order chi connectivity index (χ0) is 6.85. The van der Waals surface area contributed by atoms with Crippen molar-refractivity contribution < 1.29 is 5.11 Å². The summed E-state index contributed by atoms with van der Waals surface area (Å²) in [6.07, 6.45) is 1.18. The van der Waals surface area contributed by atoms with Crippen LogP contribution in [-0.2, 0) is 0 Å². The highest BCUT2D eigenvalue weighted by Gasteiger charge is 2.32. The summed E-state index contributed by atoms with van der Waals surface area (Å²) in [6, 6.07) is 0. The molecule has 1 saturated heterocycles. The summed E-state index contributed by atoms with van der Waals surface area (Å²) in [6.45, 7) is 4.39. The van der Waals surface area contributed by atoms with Gasteiger partial charge in [0.15, 0.2) is 0 Å². The molecule has 0 saturated carbocycles. The summed E-state index contributed by atoms with van der Waals surface area (Å²) in [7, 11) is 0. The molecular formula is C7H14OS. The first-order valence-electron chi connectivity index (χ1n) is 3.55. The fourth-order valence-electron chi connectivity index (χ4n) is 1.07. The van der Waals surface area contributed by atoms with Gasteiger partial charge >= 0.3 is 0 Å². The molecule has 0 radical (unpaired) electrons. The lowest BCUT2D eigenvalue weighted by Gasteiger charge is -2.35. The molecule has 0 aromatic rings. The number of hydrogen-bond acceptors (Lipinski definition) is 2. The molecule has 1 nitrogen and oxygen atoms in total. The average Bonchev–Trinajstić information content (AvgIpc) is 1.84. The van der Waals surface area contributed by atoms with Gasteiger partial charge in [-0.1, -0.05) is 20.3 Å². The quantitative estimate of drug-likeness (QED) is 0.637. The second-order valence-corrected chi connectivity index (χ2v) is 3.96. The van der Waals surface area contributed by atoms with E-state index in [1.54, 1.807) is 0 Å². The van der Waals surface area contributed by atoms with Gasteiger partial charge in [-0.2, -0.15) is 11.8 Å². The molecule has 0 aromatic carbocycles. The highest BCUT2D eigenvalue weighted by Crippen LogP contribution is 2.35. The van der Waals surface area contributed by atoms with Crippen molar-refractivity contribution in [2.75, 3.05) is 5.75 Å². The normalized spacial score (nSPS) is 37.7. The van der Waals surface area contributed by atoms with Crippen molar-refractivity contribution >= 4 is 11.8 Å². The van der Waals surface area contributed by atoms with Gasteiger partial charge in [-0.05, 0) is 5.92 Å². The number of rotatable bonds is 2. The van der Waals surface area contributed by atoms with Crippen LogP contribution in [0.1, 0.15) is 20.3 Å². The third-order valence-electron chi connectivity index (χ3n) is 2.04. The third-order valence-corrected chi connectivity index (χ3v) is 3.74. The molecule has 1 aliphatic rings. The van der Waals surface area contributed by atoms with E-state index in [-0.39, 0.29) is 6.10 Å². The predicted molar refractivity (Wildman–Crippen MR) is 41.7 cm³/mol. The summed E-state index contributed by atoms with van der Waals surface area (Å²) < 4.78 is 0. The van der Waals surface area contributed by atoms with Crippen molar-refractivity contribution in [1.29, 1.82) is 0 Å². The molecule has 1 fully saturated rings. The molecular weight excluding hydrogens is 132 g/mol. The summed E-state index contributed by atoms with van der Waals surface area (Å²) in [4.78, 5) is 0. The molecule has 3 unspecified atom stereocenters. The smallest absolute Gasteiger partial charge is 0.0751 e. The van der Waals surface area contributed by atoms with Crippen molar-refractivity contribution in [3.8, 4) is 0 Å². The zero-order valence-corrected chi connectivity index (χ0v) is 6.82. The fourth-order valence-corrected chi connectivity index (χ4v) is 2.18. The Kier molecular flexibility index (Phi) is 2.42. The maximum Gasteiger partial charge on any atom is 0.0751 e. The van der Waals surface area contributed by atoms with Crippen LogP contribution >= 0.6 is 11.8 Å². The molecule has 54 valence electrons. The second kappa shape index (κ2) is 2.93. The minimum atomic E-state index is -0.00931. The summed E-state index contributed by atoms with van der Waals surface area (Å²) in [5.74, 6) is 1.65. The van der Waals surface area contributed by atoms with Gasteiger partial charge in [0.2, 0.25) is 0 Å². The highest BCUT2D eigenvalue weighted by atomic mass is 32.2. The second-order valence-electron chi connectivity index (χ2n) is 2.75. The maximum atomic E-state index is 9.19. The Morgan fingerprint density at radius 3 is 2.56 bits per heavy atom. The number of thioether (sulfide) groups is 1. The van der Waals surface area contributed by atoms with Crippen molar-refractivity contribution in [2.45, 2.75) is 31.6 Å². The van der Waals surface area contributed by atoms with Crippen LogP contribution in [0.5, 0.6) is 0 Å². The van der Waals surface area contributed by atoms with E-state index < -0.39 is 0 Å². The molecule has 1 aliphatic heterocycles. The largest absolute Gasteiger partial charge is 0.391 e. The highest BCUT2D eigenvalue weighted by molar-refractivity contribution is 8.01. The Bertz CT molecular complexity index is 94.9. The van der Waals surface area contributed by atoms with Crippen molar-refractivity contribution in [3.63, 3.8) is 0 Å². The van der Waals surface area contributed by atoms with Crippen LogP contribution < -0.4 is 0 Å². The zero-order valence-electron chi connectivity index (χ0n) is 6.00. The molecule has 2 heteroatoms. The monoisotopic (exact) mass is 146 g/mol. The Morgan fingerprint density at radius 1 is 1.78 bits per heavy atom. The summed E-state index contributed by atoms with van der Waals surface area (Å²) in [5.41, 5.74) is 0. The Hall–Kier alpha value is 0.310. The van der Waals surface area contributed by atoms with Gasteiger partial charge in [0.1, 0.15) is 0 Å². The molecule has 1 N–H and O–H groups in total. The van der Waals surface area contributed by atoms with Crippen LogP contribution in [0.15, 0.2) is 0 Å². The lowest BCUT2D eigenvalue weighted by molar-refractivity contribution is 0.159. The van der Waals surface area contributed by atoms with Gasteiger partial charge in [-0.3, -0.25) is 0 Å². The van der Waals surface area contributed by atoms with Crippen molar-refractivity contribution in [3.05, 3.63) is 0 Å². The van der Waals surface area contributed by atoms with Gasteiger partial charge in [-0.25, -0.2) is 0 Å². The van der Waals surface area contributed by atoms with Gasteiger partial charge < -0.3 is 5.11 Å². The number of hydrogen-bond donors (Lipinski definition) is 1. The molecule has 1 heterocycles. The maximum absolute atomic E-state index is 9.19. The topological polar surface area (TPSA) is 20.2 Å². The van der Waals surface area contributed by atoms with E-state index in [0.29, 0.717) is 11.2 Å². The van der Waals surface area contributed by atoms with Crippen molar-refractivity contribution in [2.24, 2.45) is 5.92 Å². The van der Waals surface area contributed by atoms with E-state index in [4.69, 9.17) is 0 Å². The first-order chi connectivity index (χ1) is 4.25. The summed E-state index contributed by atoms with van der Waals surface area (Å²) >= 11 is 1.90. The molecule has 1 rings (SSSR count). The first kappa shape index (κ1) is 7.42. The van der Waals surface area contributed by atoms with E-state index in [2.05, 4.69) is 13.8 Å². The van der Waals surface area contributed by atoms with Crippen LogP contribution in [-0.4, -0.2) is 22.2 Å². The molecule has 0 aliphatic carbocycles. The average molecular weight is 146 g/mol. The number of aliphatic hydroxyl groups excluding tert-OH is 1. The van der Waals surface area contributed by atoms with E-state index in [0.717, 1.165) is 5.75 Å². The van der Waals surface area contributed by atoms with Crippen LogP contribution in [0.3, 0.4) is 0 Å². The Balaban J connectivity index is 2.25. The molecule has 0 amide bonds. The van der Waals surface area contributed by atoms with E-state index >= 15 is 0 Å². The minimum absolute atomic E-state index is 0.00931. The minimum Gasteiger partial charge on any atom is -0.391 e. The van der Waals surface area contributed by atoms with Gasteiger partial charge in [0, 0.05) is 11.0 Å². The fraction of sp³-hybridized carbons (Fsp3) is 1.00. The standard InChI is InChI=1S/C7H14OS/c1-3-5(2)7-6(8)4-9-7/h5-8H,3-4H2,1-2H3. The molecule has 9 heavy (non-hydrogen) atoms. The third kappa shape index (κ3) is 1.41. The van der Waals surface area contributed by atoms with E-state index in [1.165, 1.54) is 6.42 Å². The molecule has 3 atom stereocenters. The SMILES string of the molecule is CCC(C)C1SCC1O.